The van der Waals surface area contributed by atoms with Gasteiger partial charge in [-0.1, -0.05) is 11.6 Å². The van der Waals surface area contributed by atoms with E-state index in [1.165, 1.54) is 12.8 Å². The number of hydrogen-bond donors (Lipinski definition) is 1. The molecule has 1 N–H and O–H groups in total. The highest BCUT2D eigenvalue weighted by Crippen LogP contribution is 2.37. The fourth-order valence-electron chi connectivity index (χ4n) is 1.50. The molecular formula is C11H12ClN3S. The maximum absolute atomic E-state index is 6.15. The van der Waals surface area contributed by atoms with E-state index in [-0.39, 0.29) is 0 Å². The summed E-state index contributed by atoms with van der Waals surface area (Å²) in [4.78, 5) is 5.20. The van der Waals surface area contributed by atoms with E-state index < -0.39 is 0 Å². The summed E-state index contributed by atoms with van der Waals surface area (Å²) in [7, 11) is 0. The smallest absolute Gasteiger partial charge is 0.115 e. The molecule has 2 aromatic heterocycles. The summed E-state index contributed by atoms with van der Waals surface area (Å²) in [6.07, 6.45) is 6.04. The number of hydrogen-bond acceptors (Lipinski definition) is 3. The number of pyridine rings is 1. The lowest BCUT2D eigenvalue weighted by atomic mass is 10.4. The Bertz CT molecular complexity index is 533. The summed E-state index contributed by atoms with van der Waals surface area (Å²) >= 11 is 7.80. The van der Waals surface area contributed by atoms with Crippen molar-refractivity contribution in [2.24, 2.45) is 0 Å². The van der Waals surface area contributed by atoms with Gasteiger partial charge in [0.15, 0.2) is 0 Å². The average Bonchev–Trinajstić information content (AvgIpc) is 2.79. The van der Waals surface area contributed by atoms with Gasteiger partial charge in [0.2, 0.25) is 0 Å². The van der Waals surface area contributed by atoms with Crippen molar-refractivity contribution in [3.63, 3.8) is 0 Å². The number of halogens is 1. The van der Waals surface area contributed by atoms with Crippen molar-refractivity contribution in [1.82, 2.24) is 14.1 Å². The SMILES string of the molecule is CC1(NSc2cc(Cl)n3cncc3c2)CC1. The van der Waals surface area contributed by atoms with Crippen molar-refractivity contribution in [3.05, 3.63) is 29.8 Å². The molecule has 1 aliphatic carbocycles. The largest absolute Gasteiger partial charge is 0.289 e. The summed E-state index contributed by atoms with van der Waals surface area (Å²) in [5.41, 5.74) is 1.35. The second kappa shape index (κ2) is 3.65. The predicted molar refractivity (Wildman–Crippen MR) is 66.8 cm³/mol. The van der Waals surface area contributed by atoms with Crippen LogP contribution in [-0.2, 0) is 0 Å². The molecule has 0 bridgehead atoms. The summed E-state index contributed by atoms with van der Waals surface area (Å²) in [5.74, 6) is 0. The Morgan fingerprint density at radius 2 is 2.31 bits per heavy atom. The summed E-state index contributed by atoms with van der Waals surface area (Å²) in [6, 6.07) is 4.04. The van der Waals surface area contributed by atoms with E-state index in [1.54, 1.807) is 18.3 Å². The Labute approximate surface area is 103 Å². The molecule has 84 valence electrons. The maximum atomic E-state index is 6.15. The number of rotatable bonds is 3. The molecule has 16 heavy (non-hydrogen) atoms. The number of aromatic nitrogens is 2. The normalized spacial score (nSPS) is 17.9. The van der Waals surface area contributed by atoms with Crippen LogP contribution >= 0.6 is 23.5 Å². The molecule has 2 heterocycles. The molecule has 1 saturated carbocycles. The van der Waals surface area contributed by atoms with E-state index >= 15 is 0 Å². The molecular weight excluding hydrogens is 242 g/mol. The highest BCUT2D eigenvalue weighted by Gasteiger charge is 2.37. The Morgan fingerprint density at radius 1 is 1.50 bits per heavy atom. The van der Waals surface area contributed by atoms with Gasteiger partial charge in [0.1, 0.15) is 11.5 Å². The third-order valence-corrected chi connectivity index (χ3v) is 4.22. The van der Waals surface area contributed by atoms with E-state index in [2.05, 4.69) is 22.7 Å². The lowest BCUT2D eigenvalue weighted by Gasteiger charge is -2.10. The zero-order valence-electron chi connectivity index (χ0n) is 8.90. The molecule has 0 aromatic carbocycles. The molecule has 0 spiro atoms. The lowest BCUT2D eigenvalue weighted by Crippen LogP contribution is -2.19. The Balaban J connectivity index is 1.86. The number of nitrogens with one attached hydrogen (secondary N) is 1. The Kier molecular flexibility index (Phi) is 2.38. The van der Waals surface area contributed by atoms with Gasteiger partial charge in [-0.25, -0.2) is 4.98 Å². The lowest BCUT2D eigenvalue weighted by molar-refractivity contribution is 0.701. The summed E-state index contributed by atoms with van der Waals surface area (Å²) in [6.45, 7) is 2.24. The van der Waals surface area contributed by atoms with Crippen molar-refractivity contribution >= 4 is 29.1 Å². The topological polar surface area (TPSA) is 29.3 Å². The molecule has 0 atom stereocenters. The van der Waals surface area contributed by atoms with E-state index in [1.807, 2.05) is 16.7 Å². The quantitative estimate of drug-likeness (QED) is 0.673. The highest BCUT2D eigenvalue weighted by atomic mass is 35.5. The van der Waals surface area contributed by atoms with Crippen LogP contribution in [0.1, 0.15) is 19.8 Å². The Morgan fingerprint density at radius 3 is 3.06 bits per heavy atom. The Hall–Kier alpha value is -0.710. The second-order valence-corrected chi connectivity index (χ2v) is 5.73. The van der Waals surface area contributed by atoms with Crippen LogP contribution in [0.3, 0.4) is 0 Å². The van der Waals surface area contributed by atoms with Crippen LogP contribution in [0.25, 0.3) is 5.52 Å². The molecule has 0 radical (unpaired) electrons. The van der Waals surface area contributed by atoms with Crippen LogP contribution in [0.2, 0.25) is 5.15 Å². The van der Waals surface area contributed by atoms with Gasteiger partial charge in [-0.2, -0.15) is 0 Å². The molecule has 3 nitrogen and oxygen atoms in total. The fraction of sp³-hybridized carbons (Fsp3) is 0.364. The number of fused-ring (bicyclic) bond motifs is 1. The van der Waals surface area contributed by atoms with Crippen molar-refractivity contribution in [3.8, 4) is 0 Å². The predicted octanol–water partition coefficient (Wildman–Crippen LogP) is 3.14. The van der Waals surface area contributed by atoms with Crippen LogP contribution in [0, 0.1) is 0 Å². The van der Waals surface area contributed by atoms with Crippen molar-refractivity contribution in [2.75, 3.05) is 0 Å². The van der Waals surface area contributed by atoms with Crippen molar-refractivity contribution < 1.29 is 0 Å². The van der Waals surface area contributed by atoms with Crippen molar-refractivity contribution in [1.29, 1.82) is 0 Å². The monoisotopic (exact) mass is 253 g/mol. The summed E-state index contributed by atoms with van der Waals surface area (Å²) < 4.78 is 5.33. The van der Waals surface area contributed by atoms with Gasteiger partial charge in [-0.05, 0) is 43.8 Å². The molecule has 5 heteroatoms. The van der Waals surface area contributed by atoms with E-state index in [9.17, 15) is 0 Å². The van der Waals surface area contributed by atoms with Gasteiger partial charge in [0.05, 0.1) is 11.7 Å². The van der Waals surface area contributed by atoms with Gasteiger partial charge in [0, 0.05) is 10.4 Å². The molecule has 0 aliphatic heterocycles. The molecule has 0 unspecified atom stereocenters. The van der Waals surface area contributed by atoms with Crippen LogP contribution in [0.5, 0.6) is 0 Å². The molecule has 2 aromatic rings. The van der Waals surface area contributed by atoms with Gasteiger partial charge < -0.3 is 0 Å². The van der Waals surface area contributed by atoms with E-state index in [4.69, 9.17) is 11.6 Å². The first kappa shape index (κ1) is 10.4. The first-order chi connectivity index (χ1) is 7.66. The van der Waals surface area contributed by atoms with Gasteiger partial charge in [-0.3, -0.25) is 9.12 Å². The number of nitrogens with zero attached hydrogens (tertiary/aromatic N) is 2. The molecule has 1 aliphatic rings. The minimum absolute atomic E-state index is 0.323. The second-order valence-electron chi connectivity index (χ2n) is 4.47. The third-order valence-electron chi connectivity index (χ3n) is 2.86. The van der Waals surface area contributed by atoms with Gasteiger partial charge >= 0.3 is 0 Å². The van der Waals surface area contributed by atoms with E-state index in [0.717, 1.165) is 10.4 Å². The average molecular weight is 254 g/mol. The summed E-state index contributed by atoms with van der Waals surface area (Å²) in [5, 5.41) is 0.695. The molecule has 0 saturated heterocycles. The molecule has 1 fully saturated rings. The zero-order valence-corrected chi connectivity index (χ0v) is 10.5. The molecule has 3 rings (SSSR count). The van der Waals surface area contributed by atoms with Gasteiger partial charge in [0.25, 0.3) is 0 Å². The third kappa shape index (κ3) is 1.93. The minimum Gasteiger partial charge on any atom is -0.289 e. The minimum atomic E-state index is 0.323. The van der Waals surface area contributed by atoms with Crippen LogP contribution < -0.4 is 4.72 Å². The van der Waals surface area contributed by atoms with Crippen LogP contribution in [0.15, 0.2) is 29.6 Å². The van der Waals surface area contributed by atoms with Crippen LogP contribution in [0.4, 0.5) is 0 Å². The van der Waals surface area contributed by atoms with Crippen LogP contribution in [-0.4, -0.2) is 14.9 Å². The van der Waals surface area contributed by atoms with Crippen molar-refractivity contribution in [2.45, 2.75) is 30.2 Å². The first-order valence-corrected chi connectivity index (χ1v) is 6.41. The zero-order chi connectivity index (χ0) is 11.2. The highest BCUT2D eigenvalue weighted by molar-refractivity contribution is 7.97. The van der Waals surface area contributed by atoms with E-state index in [0.29, 0.717) is 10.7 Å². The molecule has 0 amide bonds. The maximum Gasteiger partial charge on any atom is 0.115 e. The van der Waals surface area contributed by atoms with Gasteiger partial charge in [-0.15, -0.1) is 0 Å². The standard InChI is InChI=1S/C11H12ClN3S/c1-11(2-3-11)14-16-9-4-8-6-13-7-15(8)10(12)5-9/h4-7,14H,2-3H2,1H3. The first-order valence-electron chi connectivity index (χ1n) is 5.22. The fourth-order valence-corrected chi connectivity index (χ4v) is 2.74. The number of imidazole rings is 1.